The van der Waals surface area contributed by atoms with Crippen LogP contribution >= 0.6 is 0 Å². The van der Waals surface area contributed by atoms with Crippen LogP contribution in [-0.2, 0) is 14.3 Å². The van der Waals surface area contributed by atoms with E-state index in [4.69, 9.17) is 19.2 Å². The molecule has 1 amide bonds. The minimum Gasteiger partial charge on any atom is -0.441 e. The molecule has 0 atom stereocenters. The second-order valence-electron chi connectivity index (χ2n) is 4.69. The maximum absolute atomic E-state index is 11.8. The summed E-state index contributed by atoms with van der Waals surface area (Å²) in [4.78, 5) is 13.9. The second-order valence-corrected chi connectivity index (χ2v) is 4.69. The largest absolute Gasteiger partial charge is 0.441 e. The van der Waals surface area contributed by atoms with Gasteiger partial charge in [0.1, 0.15) is 17.4 Å². The fourth-order valence-corrected chi connectivity index (χ4v) is 2.03. The number of nitrogens with zero attached hydrogens (tertiary/aromatic N) is 2. The molecular weight excluding hydrogens is 286 g/mol. The molecule has 0 saturated carbocycles. The third-order valence-corrected chi connectivity index (χ3v) is 3.18. The molecule has 0 radical (unpaired) electrons. The molecular formula is C15H19N3O4. The minimum atomic E-state index is -0.441. The fourth-order valence-electron chi connectivity index (χ4n) is 2.03. The Labute approximate surface area is 129 Å². The van der Waals surface area contributed by atoms with E-state index in [-0.39, 0.29) is 5.57 Å². The van der Waals surface area contributed by atoms with Crippen LogP contribution in [0.4, 0.5) is 5.88 Å². The Morgan fingerprint density at radius 2 is 2.27 bits per heavy atom. The summed E-state index contributed by atoms with van der Waals surface area (Å²) in [6, 6.07) is 5.45. The van der Waals surface area contributed by atoms with E-state index in [1.165, 1.54) is 6.08 Å². The predicted molar refractivity (Wildman–Crippen MR) is 80.2 cm³/mol. The summed E-state index contributed by atoms with van der Waals surface area (Å²) in [6.07, 6.45) is 1.44. The van der Waals surface area contributed by atoms with Gasteiger partial charge in [-0.1, -0.05) is 0 Å². The number of methoxy groups -OCH3 is 1. The molecule has 1 aliphatic rings. The van der Waals surface area contributed by atoms with Gasteiger partial charge in [0.2, 0.25) is 0 Å². The van der Waals surface area contributed by atoms with Gasteiger partial charge in [0, 0.05) is 38.9 Å². The van der Waals surface area contributed by atoms with Gasteiger partial charge in [0.25, 0.3) is 5.91 Å². The van der Waals surface area contributed by atoms with Gasteiger partial charge in [-0.25, -0.2) is 0 Å². The molecule has 7 nitrogen and oxygen atoms in total. The van der Waals surface area contributed by atoms with Crippen molar-refractivity contribution in [1.29, 1.82) is 5.26 Å². The SMILES string of the molecule is COCCNC(=O)/C(C#N)=C\c1ccc(N2CCOCC2)o1. The molecule has 1 aliphatic heterocycles. The Morgan fingerprint density at radius 3 is 2.95 bits per heavy atom. The summed E-state index contributed by atoms with van der Waals surface area (Å²) in [6.45, 7) is 3.60. The zero-order chi connectivity index (χ0) is 15.8. The lowest BCUT2D eigenvalue weighted by Gasteiger charge is -2.26. The molecule has 22 heavy (non-hydrogen) atoms. The van der Waals surface area contributed by atoms with Gasteiger partial charge in [-0.05, 0) is 6.07 Å². The monoisotopic (exact) mass is 305 g/mol. The lowest BCUT2D eigenvalue weighted by atomic mass is 10.2. The lowest BCUT2D eigenvalue weighted by Crippen LogP contribution is -2.35. The number of morpholine rings is 1. The van der Waals surface area contributed by atoms with Crippen LogP contribution in [-0.4, -0.2) is 52.5 Å². The molecule has 0 unspecified atom stereocenters. The van der Waals surface area contributed by atoms with Crippen molar-refractivity contribution in [2.45, 2.75) is 0 Å². The zero-order valence-corrected chi connectivity index (χ0v) is 12.5. The van der Waals surface area contributed by atoms with Crippen molar-refractivity contribution in [2.24, 2.45) is 0 Å². The van der Waals surface area contributed by atoms with Gasteiger partial charge in [-0.2, -0.15) is 5.26 Å². The molecule has 118 valence electrons. The molecule has 7 heteroatoms. The average Bonchev–Trinajstić information content (AvgIpc) is 3.02. The molecule has 2 rings (SSSR count). The predicted octanol–water partition coefficient (Wildman–Crippen LogP) is 0.786. The summed E-state index contributed by atoms with van der Waals surface area (Å²) in [5, 5.41) is 11.7. The Bertz CT molecular complexity index is 568. The Kier molecular flexibility index (Phi) is 6.01. The summed E-state index contributed by atoms with van der Waals surface area (Å²) in [7, 11) is 1.54. The smallest absolute Gasteiger partial charge is 0.262 e. The van der Waals surface area contributed by atoms with Gasteiger partial charge >= 0.3 is 0 Å². The highest BCUT2D eigenvalue weighted by atomic mass is 16.5. The van der Waals surface area contributed by atoms with Crippen molar-refractivity contribution in [3.05, 3.63) is 23.5 Å². The van der Waals surface area contributed by atoms with E-state index < -0.39 is 5.91 Å². The van der Waals surface area contributed by atoms with Crippen molar-refractivity contribution in [2.75, 3.05) is 51.5 Å². The number of hydrogen-bond acceptors (Lipinski definition) is 6. The van der Waals surface area contributed by atoms with Crippen molar-refractivity contribution in [1.82, 2.24) is 5.32 Å². The topological polar surface area (TPSA) is 87.7 Å². The van der Waals surface area contributed by atoms with E-state index in [0.29, 0.717) is 38.0 Å². The first kappa shape index (κ1) is 16.1. The summed E-state index contributed by atoms with van der Waals surface area (Å²) < 4.78 is 15.8. The van der Waals surface area contributed by atoms with E-state index in [1.54, 1.807) is 13.2 Å². The second kappa shape index (κ2) is 8.22. The van der Waals surface area contributed by atoms with Crippen LogP contribution in [0.1, 0.15) is 5.76 Å². The molecule has 1 aromatic rings. The molecule has 0 aromatic carbocycles. The Morgan fingerprint density at radius 1 is 1.50 bits per heavy atom. The van der Waals surface area contributed by atoms with Gasteiger partial charge in [0.05, 0.1) is 19.8 Å². The number of furan rings is 1. The lowest BCUT2D eigenvalue weighted by molar-refractivity contribution is -0.117. The summed E-state index contributed by atoms with van der Waals surface area (Å²) in [5.41, 5.74) is -0.000944. The Balaban J connectivity index is 2.01. The molecule has 0 aliphatic carbocycles. The van der Waals surface area contributed by atoms with Crippen LogP contribution in [0.3, 0.4) is 0 Å². The van der Waals surface area contributed by atoms with Crippen LogP contribution in [0.15, 0.2) is 22.1 Å². The first-order valence-corrected chi connectivity index (χ1v) is 7.06. The molecule has 1 fully saturated rings. The van der Waals surface area contributed by atoms with Crippen molar-refractivity contribution < 1.29 is 18.7 Å². The number of nitriles is 1. The van der Waals surface area contributed by atoms with Crippen molar-refractivity contribution in [3.8, 4) is 6.07 Å². The number of amides is 1. The van der Waals surface area contributed by atoms with E-state index in [9.17, 15) is 4.79 Å². The number of ether oxygens (including phenoxy) is 2. The van der Waals surface area contributed by atoms with Crippen molar-refractivity contribution >= 4 is 17.9 Å². The molecule has 1 aromatic heterocycles. The molecule has 0 bridgehead atoms. The van der Waals surface area contributed by atoms with Crippen LogP contribution in [0.25, 0.3) is 6.08 Å². The van der Waals surface area contributed by atoms with Crippen molar-refractivity contribution in [3.63, 3.8) is 0 Å². The van der Waals surface area contributed by atoms with E-state index >= 15 is 0 Å². The molecule has 1 N–H and O–H groups in total. The van der Waals surface area contributed by atoms with Crippen LogP contribution in [0.5, 0.6) is 0 Å². The van der Waals surface area contributed by atoms with Gasteiger partial charge in [-0.15, -0.1) is 0 Å². The van der Waals surface area contributed by atoms with E-state index in [2.05, 4.69) is 10.2 Å². The van der Waals surface area contributed by atoms with Gasteiger partial charge < -0.3 is 24.1 Å². The molecule has 2 heterocycles. The maximum atomic E-state index is 11.8. The summed E-state index contributed by atoms with van der Waals surface area (Å²) >= 11 is 0. The number of carbonyl (C=O) groups is 1. The normalized spacial score (nSPS) is 15.5. The number of carbonyl (C=O) groups excluding carboxylic acids is 1. The first-order valence-electron chi connectivity index (χ1n) is 7.06. The first-order chi connectivity index (χ1) is 10.7. The number of nitrogens with one attached hydrogen (secondary N) is 1. The number of anilines is 1. The maximum Gasteiger partial charge on any atom is 0.262 e. The average molecular weight is 305 g/mol. The highest BCUT2D eigenvalue weighted by molar-refractivity contribution is 6.01. The standard InChI is InChI=1S/C15H19N3O4/c1-20-7-4-17-15(19)12(11-16)10-13-2-3-14(22-13)18-5-8-21-9-6-18/h2-3,10H,4-9H2,1H3,(H,17,19)/b12-10-. The number of hydrogen-bond donors (Lipinski definition) is 1. The zero-order valence-electron chi connectivity index (χ0n) is 12.5. The number of rotatable bonds is 6. The third kappa shape index (κ3) is 4.35. The van der Waals surface area contributed by atoms with Gasteiger partial charge in [0.15, 0.2) is 5.88 Å². The molecule has 0 spiro atoms. The third-order valence-electron chi connectivity index (χ3n) is 3.18. The van der Waals surface area contributed by atoms with Crippen LogP contribution in [0.2, 0.25) is 0 Å². The molecule has 1 saturated heterocycles. The van der Waals surface area contributed by atoms with E-state index in [1.807, 2.05) is 12.1 Å². The van der Waals surface area contributed by atoms with E-state index in [0.717, 1.165) is 13.1 Å². The highest BCUT2D eigenvalue weighted by Crippen LogP contribution is 2.21. The highest BCUT2D eigenvalue weighted by Gasteiger charge is 2.15. The van der Waals surface area contributed by atoms with Crippen LogP contribution < -0.4 is 10.2 Å². The minimum absolute atomic E-state index is 0.000944. The van der Waals surface area contributed by atoms with Crippen LogP contribution in [0, 0.1) is 11.3 Å². The Hall–Kier alpha value is -2.30. The van der Waals surface area contributed by atoms with Gasteiger partial charge in [-0.3, -0.25) is 4.79 Å². The summed E-state index contributed by atoms with van der Waals surface area (Å²) in [5.74, 6) is 0.746. The fraction of sp³-hybridized carbons (Fsp3) is 0.467. The quantitative estimate of drug-likeness (QED) is 0.475.